The van der Waals surface area contributed by atoms with Crippen LogP contribution in [0.2, 0.25) is 0 Å². The first-order valence-corrected chi connectivity index (χ1v) is 7.19. The van der Waals surface area contributed by atoms with Crippen molar-refractivity contribution in [3.05, 3.63) is 36.0 Å². The summed E-state index contributed by atoms with van der Waals surface area (Å²) < 4.78 is 5.29. The van der Waals surface area contributed by atoms with E-state index < -0.39 is 0 Å². The lowest BCUT2D eigenvalue weighted by molar-refractivity contribution is 0.0948. The van der Waals surface area contributed by atoms with Crippen molar-refractivity contribution in [2.75, 3.05) is 6.54 Å². The number of aromatic nitrogens is 4. The van der Waals surface area contributed by atoms with Crippen LogP contribution < -0.4 is 5.32 Å². The maximum absolute atomic E-state index is 11.8. The van der Waals surface area contributed by atoms with Gasteiger partial charge in [0.1, 0.15) is 5.69 Å². The van der Waals surface area contributed by atoms with Crippen LogP contribution in [-0.2, 0) is 6.42 Å². The Hall–Kier alpha value is -2.31. The van der Waals surface area contributed by atoms with Gasteiger partial charge >= 0.3 is 0 Å². The number of carbonyl (C=O) groups excluding carboxylic acids is 1. The summed E-state index contributed by atoms with van der Waals surface area (Å²) in [4.78, 5) is 24.0. The molecule has 1 aliphatic carbocycles. The first kappa shape index (κ1) is 13.7. The Morgan fingerprint density at radius 3 is 2.95 bits per heavy atom. The molecule has 7 nitrogen and oxygen atoms in total. The number of hydrogen-bond acceptors (Lipinski definition) is 6. The standard InChI is InChI=1S/C14H17N5O2/c20-13(11-9-15-7-8-16-11)17-6-5-12-18-14(21-19-12)10-3-1-2-4-10/h7-10H,1-6H2,(H,17,20). The highest BCUT2D eigenvalue weighted by molar-refractivity contribution is 5.91. The van der Waals surface area contributed by atoms with E-state index >= 15 is 0 Å². The second-order valence-electron chi connectivity index (χ2n) is 5.13. The van der Waals surface area contributed by atoms with Crippen molar-refractivity contribution < 1.29 is 9.32 Å². The highest BCUT2D eigenvalue weighted by Gasteiger charge is 2.22. The third-order valence-electron chi connectivity index (χ3n) is 3.62. The molecule has 1 fully saturated rings. The van der Waals surface area contributed by atoms with Crippen LogP contribution in [0.1, 0.15) is 53.8 Å². The van der Waals surface area contributed by atoms with Gasteiger partial charge in [0, 0.05) is 31.3 Å². The Kier molecular flexibility index (Phi) is 4.18. The number of carbonyl (C=O) groups is 1. The van der Waals surface area contributed by atoms with Gasteiger partial charge in [0.05, 0.1) is 6.20 Å². The predicted molar refractivity (Wildman–Crippen MR) is 73.6 cm³/mol. The van der Waals surface area contributed by atoms with E-state index in [1.807, 2.05) is 0 Å². The fourth-order valence-corrected chi connectivity index (χ4v) is 2.50. The lowest BCUT2D eigenvalue weighted by Crippen LogP contribution is -2.26. The molecule has 1 N–H and O–H groups in total. The summed E-state index contributed by atoms with van der Waals surface area (Å²) in [6, 6.07) is 0. The molecule has 0 unspecified atom stereocenters. The number of nitrogens with one attached hydrogen (secondary N) is 1. The number of nitrogens with zero attached hydrogens (tertiary/aromatic N) is 4. The Bertz CT molecular complexity index is 592. The molecule has 0 spiro atoms. The van der Waals surface area contributed by atoms with Gasteiger partial charge in [0.15, 0.2) is 5.82 Å². The molecule has 1 saturated carbocycles. The summed E-state index contributed by atoms with van der Waals surface area (Å²) in [5.41, 5.74) is 0.303. The normalized spacial score (nSPS) is 15.2. The summed E-state index contributed by atoms with van der Waals surface area (Å²) in [5, 5.41) is 6.73. The van der Waals surface area contributed by atoms with Crippen LogP contribution >= 0.6 is 0 Å². The van der Waals surface area contributed by atoms with E-state index in [9.17, 15) is 4.79 Å². The fourth-order valence-electron chi connectivity index (χ4n) is 2.50. The molecule has 3 rings (SSSR count). The molecular weight excluding hydrogens is 270 g/mol. The van der Waals surface area contributed by atoms with E-state index in [1.165, 1.54) is 31.4 Å². The Morgan fingerprint density at radius 1 is 1.33 bits per heavy atom. The summed E-state index contributed by atoms with van der Waals surface area (Å²) in [5.74, 6) is 1.54. The van der Waals surface area contributed by atoms with E-state index in [2.05, 4.69) is 25.4 Å². The molecule has 0 saturated heterocycles. The summed E-state index contributed by atoms with van der Waals surface area (Å²) in [6.45, 7) is 0.443. The number of hydrogen-bond donors (Lipinski definition) is 1. The highest BCUT2D eigenvalue weighted by atomic mass is 16.5. The minimum atomic E-state index is -0.248. The van der Waals surface area contributed by atoms with Gasteiger partial charge in [-0.15, -0.1) is 0 Å². The molecule has 0 aliphatic heterocycles. The lowest BCUT2D eigenvalue weighted by atomic mass is 10.1. The zero-order valence-corrected chi connectivity index (χ0v) is 11.7. The molecule has 7 heteroatoms. The Labute approximate surface area is 122 Å². The third-order valence-corrected chi connectivity index (χ3v) is 3.62. The van der Waals surface area contributed by atoms with Crippen LogP contribution in [0.5, 0.6) is 0 Å². The predicted octanol–water partition coefficient (Wildman–Crippen LogP) is 1.49. The summed E-state index contributed by atoms with van der Waals surface area (Å²) in [7, 11) is 0. The maximum atomic E-state index is 11.8. The third kappa shape index (κ3) is 3.42. The first-order valence-electron chi connectivity index (χ1n) is 7.19. The van der Waals surface area contributed by atoms with Crippen LogP contribution in [0.3, 0.4) is 0 Å². The van der Waals surface area contributed by atoms with Crippen LogP contribution in [0.25, 0.3) is 0 Å². The minimum absolute atomic E-state index is 0.248. The number of amides is 1. The van der Waals surface area contributed by atoms with Gasteiger partial charge in [-0.1, -0.05) is 18.0 Å². The second kappa shape index (κ2) is 6.43. The molecule has 0 radical (unpaired) electrons. The topological polar surface area (TPSA) is 93.8 Å². The van der Waals surface area contributed by atoms with Crippen molar-refractivity contribution in [1.29, 1.82) is 0 Å². The smallest absolute Gasteiger partial charge is 0.271 e. The van der Waals surface area contributed by atoms with Gasteiger partial charge in [-0.2, -0.15) is 4.98 Å². The van der Waals surface area contributed by atoms with Gasteiger partial charge in [0.25, 0.3) is 5.91 Å². The molecule has 1 aliphatic rings. The van der Waals surface area contributed by atoms with E-state index in [0.717, 1.165) is 18.7 Å². The summed E-state index contributed by atoms with van der Waals surface area (Å²) in [6.07, 6.45) is 9.72. The van der Waals surface area contributed by atoms with Gasteiger partial charge < -0.3 is 9.84 Å². The molecule has 110 valence electrons. The van der Waals surface area contributed by atoms with Gasteiger partial charge in [-0.05, 0) is 12.8 Å². The highest BCUT2D eigenvalue weighted by Crippen LogP contribution is 2.32. The van der Waals surface area contributed by atoms with Crippen LogP contribution in [-0.4, -0.2) is 32.6 Å². The zero-order valence-electron chi connectivity index (χ0n) is 11.7. The maximum Gasteiger partial charge on any atom is 0.271 e. The van der Waals surface area contributed by atoms with Crippen LogP contribution in [0, 0.1) is 0 Å². The zero-order chi connectivity index (χ0) is 14.5. The van der Waals surface area contributed by atoms with Crippen molar-refractivity contribution >= 4 is 5.91 Å². The average Bonchev–Trinajstić information content (AvgIpc) is 3.19. The molecule has 0 aromatic carbocycles. The molecule has 2 heterocycles. The average molecular weight is 287 g/mol. The molecule has 21 heavy (non-hydrogen) atoms. The Morgan fingerprint density at radius 2 is 2.19 bits per heavy atom. The molecule has 2 aromatic heterocycles. The quantitative estimate of drug-likeness (QED) is 0.895. The van der Waals surface area contributed by atoms with E-state index in [1.54, 1.807) is 0 Å². The molecule has 0 atom stereocenters. The van der Waals surface area contributed by atoms with Crippen molar-refractivity contribution in [3.63, 3.8) is 0 Å². The molecular formula is C14H17N5O2. The fraction of sp³-hybridized carbons (Fsp3) is 0.500. The van der Waals surface area contributed by atoms with E-state index in [0.29, 0.717) is 30.4 Å². The summed E-state index contributed by atoms with van der Waals surface area (Å²) >= 11 is 0. The van der Waals surface area contributed by atoms with Gasteiger partial charge in [0.2, 0.25) is 5.89 Å². The molecule has 1 amide bonds. The van der Waals surface area contributed by atoms with E-state index in [4.69, 9.17) is 4.52 Å². The van der Waals surface area contributed by atoms with Crippen molar-refractivity contribution in [2.45, 2.75) is 38.0 Å². The monoisotopic (exact) mass is 287 g/mol. The van der Waals surface area contributed by atoms with Crippen molar-refractivity contribution in [3.8, 4) is 0 Å². The SMILES string of the molecule is O=C(NCCc1noc(C2CCCC2)n1)c1cnccn1. The van der Waals surface area contributed by atoms with Crippen molar-refractivity contribution in [1.82, 2.24) is 25.4 Å². The van der Waals surface area contributed by atoms with E-state index in [-0.39, 0.29) is 5.91 Å². The Balaban J connectivity index is 1.48. The largest absolute Gasteiger partial charge is 0.350 e. The number of rotatable bonds is 5. The van der Waals surface area contributed by atoms with Crippen molar-refractivity contribution in [2.24, 2.45) is 0 Å². The molecule has 0 bridgehead atoms. The lowest BCUT2D eigenvalue weighted by Gasteiger charge is -2.01. The van der Waals surface area contributed by atoms with Gasteiger partial charge in [-0.25, -0.2) is 4.98 Å². The first-order chi connectivity index (χ1) is 10.3. The second-order valence-corrected chi connectivity index (χ2v) is 5.13. The molecule has 2 aromatic rings. The van der Waals surface area contributed by atoms with Crippen LogP contribution in [0.15, 0.2) is 23.1 Å². The van der Waals surface area contributed by atoms with Crippen LogP contribution in [0.4, 0.5) is 0 Å². The minimum Gasteiger partial charge on any atom is -0.350 e. The van der Waals surface area contributed by atoms with Gasteiger partial charge in [-0.3, -0.25) is 9.78 Å².